The van der Waals surface area contributed by atoms with E-state index in [-0.39, 0.29) is 0 Å². The molecule has 0 bridgehead atoms. The van der Waals surface area contributed by atoms with Crippen molar-refractivity contribution >= 4 is 5.82 Å². The van der Waals surface area contributed by atoms with Crippen LogP contribution in [-0.4, -0.2) is 16.4 Å². The lowest BCUT2D eigenvalue weighted by atomic mass is 10.1. The van der Waals surface area contributed by atoms with E-state index in [1.54, 1.807) is 22.9 Å². The Bertz CT molecular complexity index is 598. The molecule has 0 aliphatic heterocycles. The molecule has 0 aliphatic rings. The Kier molecular flexibility index (Phi) is 4.04. The number of aryl methyl sites for hydroxylation is 2. The lowest BCUT2D eigenvalue weighted by Gasteiger charge is -2.09. The quantitative estimate of drug-likeness (QED) is 0.831. The van der Waals surface area contributed by atoms with Crippen LogP contribution in [-0.2, 0) is 6.54 Å². The highest BCUT2D eigenvalue weighted by atomic mass is 16.5. The van der Waals surface area contributed by atoms with Crippen LogP contribution >= 0.6 is 0 Å². The van der Waals surface area contributed by atoms with Crippen LogP contribution in [0.25, 0.3) is 0 Å². The molecule has 1 aromatic carbocycles. The Morgan fingerprint density at radius 2 is 2.26 bits per heavy atom. The van der Waals surface area contributed by atoms with Crippen molar-refractivity contribution in [3.05, 3.63) is 41.6 Å². The molecule has 0 aliphatic carbocycles. The number of nitriles is 1. The molecule has 98 valence electrons. The van der Waals surface area contributed by atoms with E-state index in [2.05, 4.69) is 11.2 Å². The van der Waals surface area contributed by atoms with Crippen LogP contribution in [0.1, 0.15) is 17.5 Å². The summed E-state index contributed by atoms with van der Waals surface area (Å²) in [5.74, 6) is 1.29. The predicted octanol–water partition coefficient (Wildman–Crippen LogP) is 2.11. The van der Waals surface area contributed by atoms with Gasteiger partial charge in [-0.1, -0.05) is 6.07 Å². The zero-order valence-electron chi connectivity index (χ0n) is 10.8. The minimum Gasteiger partial charge on any atom is -0.493 e. The fourth-order valence-electron chi connectivity index (χ4n) is 1.74. The van der Waals surface area contributed by atoms with Gasteiger partial charge in [-0.05, 0) is 30.7 Å². The number of ether oxygens (including phenoxy) is 1. The van der Waals surface area contributed by atoms with Crippen molar-refractivity contribution in [2.45, 2.75) is 19.9 Å². The summed E-state index contributed by atoms with van der Waals surface area (Å²) in [6.07, 6.45) is 2.67. The second-order valence-corrected chi connectivity index (χ2v) is 4.30. The van der Waals surface area contributed by atoms with Crippen LogP contribution in [0.2, 0.25) is 0 Å². The average molecular weight is 256 g/mol. The van der Waals surface area contributed by atoms with Crippen LogP contribution in [0.15, 0.2) is 30.5 Å². The van der Waals surface area contributed by atoms with Crippen molar-refractivity contribution in [3.8, 4) is 11.8 Å². The molecule has 0 spiro atoms. The average Bonchev–Trinajstić information content (AvgIpc) is 2.82. The smallest absolute Gasteiger partial charge is 0.145 e. The molecule has 0 saturated carbocycles. The molecular weight excluding hydrogens is 240 g/mol. The largest absolute Gasteiger partial charge is 0.493 e. The van der Waals surface area contributed by atoms with Crippen molar-refractivity contribution in [2.75, 3.05) is 12.3 Å². The van der Waals surface area contributed by atoms with Gasteiger partial charge in [0.1, 0.15) is 11.6 Å². The van der Waals surface area contributed by atoms with Gasteiger partial charge in [0.2, 0.25) is 0 Å². The van der Waals surface area contributed by atoms with Crippen molar-refractivity contribution in [1.82, 2.24) is 9.78 Å². The molecule has 19 heavy (non-hydrogen) atoms. The van der Waals surface area contributed by atoms with Gasteiger partial charge in [0.05, 0.1) is 18.2 Å². The normalized spacial score (nSPS) is 10.1. The van der Waals surface area contributed by atoms with E-state index in [0.29, 0.717) is 18.0 Å². The minimum absolute atomic E-state index is 0.526. The summed E-state index contributed by atoms with van der Waals surface area (Å²) in [4.78, 5) is 0. The first-order valence-corrected chi connectivity index (χ1v) is 6.11. The van der Waals surface area contributed by atoms with E-state index in [4.69, 9.17) is 15.7 Å². The van der Waals surface area contributed by atoms with Gasteiger partial charge in [-0.2, -0.15) is 10.4 Å². The molecule has 2 aromatic rings. The summed E-state index contributed by atoms with van der Waals surface area (Å²) in [5, 5.41) is 12.9. The maximum Gasteiger partial charge on any atom is 0.145 e. The van der Waals surface area contributed by atoms with E-state index in [1.807, 2.05) is 19.2 Å². The molecule has 0 fully saturated rings. The molecule has 0 radical (unpaired) electrons. The van der Waals surface area contributed by atoms with E-state index in [0.717, 1.165) is 24.3 Å². The molecule has 0 saturated heterocycles. The third-order valence-electron chi connectivity index (χ3n) is 2.77. The van der Waals surface area contributed by atoms with Crippen LogP contribution in [0.5, 0.6) is 5.75 Å². The Hall–Kier alpha value is -2.48. The number of hydrogen-bond acceptors (Lipinski definition) is 4. The summed E-state index contributed by atoms with van der Waals surface area (Å²) in [5.41, 5.74) is 7.17. The third kappa shape index (κ3) is 3.49. The number of anilines is 1. The first-order valence-electron chi connectivity index (χ1n) is 6.11. The lowest BCUT2D eigenvalue weighted by Crippen LogP contribution is -2.06. The third-order valence-corrected chi connectivity index (χ3v) is 2.77. The standard InChI is InChI=1S/C14H16N4O/c1-11-3-4-12(10-15)9-13(11)19-8-2-6-18-7-5-14(16)17-18/h3-5,7,9H,2,6,8H2,1H3,(H2,16,17). The molecule has 0 amide bonds. The number of aromatic nitrogens is 2. The van der Waals surface area contributed by atoms with E-state index in [1.165, 1.54) is 0 Å². The maximum atomic E-state index is 8.85. The second kappa shape index (κ2) is 5.91. The number of nitrogens with two attached hydrogens (primary N) is 1. The molecule has 0 unspecified atom stereocenters. The van der Waals surface area contributed by atoms with Crippen LogP contribution in [0.3, 0.4) is 0 Å². The van der Waals surface area contributed by atoms with Gasteiger partial charge in [0.15, 0.2) is 0 Å². The fraction of sp³-hybridized carbons (Fsp3) is 0.286. The number of rotatable bonds is 5. The second-order valence-electron chi connectivity index (χ2n) is 4.30. The van der Waals surface area contributed by atoms with Gasteiger partial charge in [0, 0.05) is 19.2 Å². The van der Waals surface area contributed by atoms with Gasteiger partial charge in [-0.25, -0.2) is 0 Å². The fourth-order valence-corrected chi connectivity index (χ4v) is 1.74. The van der Waals surface area contributed by atoms with E-state index >= 15 is 0 Å². The molecule has 0 atom stereocenters. The van der Waals surface area contributed by atoms with Gasteiger partial charge < -0.3 is 10.5 Å². The van der Waals surface area contributed by atoms with E-state index in [9.17, 15) is 0 Å². The molecule has 1 aromatic heterocycles. The van der Waals surface area contributed by atoms with Crippen LogP contribution < -0.4 is 10.5 Å². The summed E-state index contributed by atoms with van der Waals surface area (Å²) in [6.45, 7) is 3.30. The highest BCUT2D eigenvalue weighted by Gasteiger charge is 2.02. The van der Waals surface area contributed by atoms with Crippen LogP contribution in [0, 0.1) is 18.3 Å². The Morgan fingerprint density at radius 1 is 1.42 bits per heavy atom. The van der Waals surface area contributed by atoms with Crippen molar-refractivity contribution in [1.29, 1.82) is 5.26 Å². The Balaban J connectivity index is 1.84. The van der Waals surface area contributed by atoms with Gasteiger partial charge in [-0.15, -0.1) is 0 Å². The van der Waals surface area contributed by atoms with Crippen molar-refractivity contribution in [2.24, 2.45) is 0 Å². The van der Waals surface area contributed by atoms with Gasteiger partial charge >= 0.3 is 0 Å². The zero-order valence-corrected chi connectivity index (χ0v) is 10.8. The first kappa shape index (κ1) is 13.0. The summed E-state index contributed by atoms with van der Waals surface area (Å²) < 4.78 is 7.47. The minimum atomic E-state index is 0.526. The summed E-state index contributed by atoms with van der Waals surface area (Å²) in [7, 11) is 0. The van der Waals surface area contributed by atoms with Crippen molar-refractivity contribution < 1.29 is 4.74 Å². The topological polar surface area (TPSA) is 76.9 Å². The number of benzene rings is 1. The van der Waals surface area contributed by atoms with Gasteiger partial charge in [0.25, 0.3) is 0 Å². The number of nitrogens with zero attached hydrogens (tertiary/aromatic N) is 3. The number of hydrogen-bond donors (Lipinski definition) is 1. The monoisotopic (exact) mass is 256 g/mol. The maximum absolute atomic E-state index is 8.85. The highest BCUT2D eigenvalue weighted by Crippen LogP contribution is 2.19. The summed E-state index contributed by atoms with van der Waals surface area (Å²) in [6, 6.07) is 9.31. The Labute approximate surface area is 112 Å². The molecule has 5 nitrogen and oxygen atoms in total. The van der Waals surface area contributed by atoms with Gasteiger partial charge in [-0.3, -0.25) is 4.68 Å². The SMILES string of the molecule is Cc1ccc(C#N)cc1OCCCn1ccc(N)n1. The predicted molar refractivity (Wildman–Crippen MR) is 72.6 cm³/mol. The summed E-state index contributed by atoms with van der Waals surface area (Å²) >= 11 is 0. The molecule has 1 heterocycles. The van der Waals surface area contributed by atoms with Crippen molar-refractivity contribution in [3.63, 3.8) is 0 Å². The zero-order chi connectivity index (χ0) is 13.7. The Morgan fingerprint density at radius 3 is 2.95 bits per heavy atom. The first-order chi connectivity index (χ1) is 9.19. The molecule has 5 heteroatoms. The lowest BCUT2D eigenvalue weighted by molar-refractivity contribution is 0.297. The molecule has 2 rings (SSSR count). The van der Waals surface area contributed by atoms with E-state index < -0.39 is 0 Å². The number of nitrogen functional groups attached to an aromatic ring is 1. The van der Waals surface area contributed by atoms with Crippen LogP contribution in [0.4, 0.5) is 5.82 Å². The highest BCUT2D eigenvalue weighted by molar-refractivity contribution is 5.41. The molecule has 2 N–H and O–H groups in total. The molecular formula is C14H16N4O.